The number of hydrogen-bond acceptors (Lipinski definition) is 4. The molecule has 0 fully saturated rings. The van der Waals surface area contributed by atoms with Crippen molar-refractivity contribution >= 4 is 5.78 Å². The van der Waals surface area contributed by atoms with Gasteiger partial charge in [-0.15, -0.1) is 0 Å². The second-order valence-electron chi connectivity index (χ2n) is 4.30. The average Bonchev–Trinajstić information content (AvgIpc) is 2.38. The van der Waals surface area contributed by atoms with Gasteiger partial charge in [0.05, 0.1) is 6.10 Å². The first-order valence-electron chi connectivity index (χ1n) is 6.62. The highest BCUT2D eigenvalue weighted by Gasteiger charge is 2.20. The number of ether oxygens (including phenoxy) is 3. The van der Waals surface area contributed by atoms with Crippen molar-refractivity contribution in [3.63, 3.8) is 0 Å². The SMILES string of the molecule is CCOC(OCC)C(=O)c1ccc(OC(C)C)cc1. The van der Waals surface area contributed by atoms with Crippen LogP contribution in [0.4, 0.5) is 0 Å². The van der Waals surface area contributed by atoms with E-state index >= 15 is 0 Å². The fourth-order valence-corrected chi connectivity index (χ4v) is 1.61. The second-order valence-corrected chi connectivity index (χ2v) is 4.30. The third-order valence-electron chi connectivity index (χ3n) is 2.36. The molecule has 4 nitrogen and oxygen atoms in total. The molecule has 1 aromatic carbocycles. The fourth-order valence-electron chi connectivity index (χ4n) is 1.61. The molecule has 0 radical (unpaired) electrons. The van der Waals surface area contributed by atoms with E-state index in [1.54, 1.807) is 24.3 Å². The smallest absolute Gasteiger partial charge is 0.222 e. The van der Waals surface area contributed by atoms with Crippen molar-refractivity contribution in [2.75, 3.05) is 13.2 Å². The zero-order valence-corrected chi connectivity index (χ0v) is 12.0. The molecule has 0 atom stereocenters. The Morgan fingerprint density at radius 3 is 2.00 bits per heavy atom. The first kappa shape index (κ1) is 15.7. The van der Waals surface area contributed by atoms with Crippen LogP contribution in [0.15, 0.2) is 24.3 Å². The summed E-state index contributed by atoms with van der Waals surface area (Å²) in [6, 6.07) is 7.01. The van der Waals surface area contributed by atoms with Gasteiger partial charge in [-0.1, -0.05) is 0 Å². The number of hydrogen-bond donors (Lipinski definition) is 0. The topological polar surface area (TPSA) is 44.8 Å². The maximum absolute atomic E-state index is 12.2. The second kappa shape index (κ2) is 7.92. The largest absolute Gasteiger partial charge is 0.491 e. The molecule has 0 aliphatic heterocycles. The maximum atomic E-state index is 12.2. The number of carbonyl (C=O) groups is 1. The number of rotatable bonds is 8. The van der Waals surface area contributed by atoms with Gasteiger partial charge in [0.25, 0.3) is 0 Å². The minimum Gasteiger partial charge on any atom is -0.491 e. The molecule has 1 rings (SSSR count). The predicted octanol–water partition coefficient (Wildman–Crippen LogP) is 3.06. The molecule has 1 aromatic rings. The van der Waals surface area contributed by atoms with E-state index in [1.807, 2.05) is 27.7 Å². The lowest BCUT2D eigenvalue weighted by Crippen LogP contribution is -2.27. The highest BCUT2D eigenvalue weighted by Crippen LogP contribution is 2.16. The van der Waals surface area contributed by atoms with E-state index in [0.717, 1.165) is 5.75 Å². The molecule has 0 spiro atoms. The van der Waals surface area contributed by atoms with Gasteiger partial charge in [0, 0.05) is 18.8 Å². The zero-order valence-electron chi connectivity index (χ0n) is 12.0. The summed E-state index contributed by atoms with van der Waals surface area (Å²) in [5.74, 6) is 0.579. The van der Waals surface area contributed by atoms with Crippen LogP contribution in [0.2, 0.25) is 0 Å². The van der Waals surface area contributed by atoms with E-state index in [4.69, 9.17) is 14.2 Å². The molecule has 0 amide bonds. The van der Waals surface area contributed by atoms with Crippen molar-refractivity contribution in [1.82, 2.24) is 0 Å². The predicted molar refractivity (Wildman–Crippen MR) is 73.6 cm³/mol. The summed E-state index contributed by atoms with van der Waals surface area (Å²) < 4.78 is 16.1. The van der Waals surface area contributed by atoms with Gasteiger partial charge in [0.15, 0.2) is 0 Å². The van der Waals surface area contributed by atoms with Crippen LogP contribution in [0.3, 0.4) is 0 Å². The number of benzene rings is 1. The van der Waals surface area contributed by atoms with Crippen LogP contribution in [0.5, 0.6) is 5.75 Å². The minimum absolute atomic E-state index is 0.112. The van der Waals surface area contributed by atoms with Crippen molar-refractivity contribution < 1.29 is 19.0 Å². The van der Waals surface area contributed by atoms with E-state index in [1.165, 1.54) is 0 Å². The molecular formula is C15H22O4. The van der Waals surface area contributed by atoms with Gasteiger partial charge in [-0.2, -0.15) is 0 Å². The maximum Gasteiger partial charge on any atom is 0.222 e. The van der Waals surface area contributed by atoms with Crippen LogP contribution >= 0.6 is 0 Å². The Kier molecular flexibility index (Phi) is 6.53. The standard InChI is InChI=1S/C15H22O4/c1-5-17-15(18-6-2)14(16)12-7-9-13(10-8-12)19-11(3)4/h7-11,15H,5-6H2,1-4H3. The Hall–Kier alpha value is -1.39. The van der Waals surface area contributed by atoms with Gasteiger partial charge in [-0.05, 0) is 52.0 Å². The Bertz CT molecular complexity index is 378. The van der Waals surface area contributed by atoms with Gasteiger partial charge >= 0.3 is 0 Å². The van der Waals surface area contributed by atoms with Crippen LogP contribution in [0.1, 0.15) is 38.1 Å². The minimum atomic E-state index is -0.827. The third kappa shape index (κ3) is 5.01. The zero-order chi connectivity index (χ0) is 14.3. The van der Waals surface area contributed by atoms with Gasteiger partial charge in [-0.25, -0.2) is 0 Å². The van der Waals surface area contributed by atoms with E-state index in [-0.39, 0.29) is 11.9 Å². The Morgan fingerprint density at radius 2 is 1.58 bits per heavy atom. The fraction of sp³-hybridized carbons (Fsp3) is 0.533. The van der Waals surface area contributed by atoms with Crippen molar-refractivity contribution in [1.29, 1.82) is 0 Å². The highest BCUT2D eigenvalue weighted by molar-refractivity contribution is 5.98. The Morgan fingerprint density at radius 1 is 1.05 bits per heavy atom. The molecule has 0 aromatic heterocycles. The first-order chi connectivity index (χ1) is 9.08. The van der Waals surface area contributed by atoms with Crippen LogP contribution < -0.4 is 4.74 Å². The van der Waals surface area contributed by atoms with Crippen LogP contribution in [-0.4, -0.2) is 31.4 Å². The third-order valence-corrected chi connectivity index (χ3v) is 2.36. The van der Waals surface area contributed by atoms with Crippen molar-refractivity contribution in [3.8, 4) is 5.75 Å². The van der Waals surface area contributed by atoms with Crippen LogP contribution in [0, 0.1) is 0 Å². The van der Waals surface area contributed by atoms with Gasteiger partial charge in [0.2, 0.25) is 12.1 Å². The van der Waals surface area contributed by atoms with E-state index in [0.29, 0.717) is 18.8 Å². The molecule has 4 heteroatoms. The molecule has 0 heterocycles. The quantitative estimate of drug-likeness (QED) is 0.536. The van der Waals surface area contributed by atoms with E-state index in [9.17, 15) is 4.79 Å². The van der Waals surface area contributed by atoms with Crippen LogP contribution in [-0.2, 0) is 9.47 Å². The first-order valence-corrected chi connectivity index (χ1v) is 6.62. The molecule has 0 N–H and O–H groups in total. The van der Waals surface area contributed by atoms with Crippen molar-refractivity contribution in [3.05, 3.63) is 29.8 Å². The summed E-state index contributed by atoms with van der Waals surface area (Å²) in [6.07, 6.45) is -0.715. The molecule has 0 saturated heterocycles. The molecule has 0 aliphatic carbocycles. The summed E-state index contributed by atoms with van der Waals surface area (Å²) in [6.45, 7) is 8.45. The monoisotopic (exact) mass is 266 g/mol. The van der Waals surface area contributed by atoms with Gasteiger partial charge in [-0.3, -0.25) is 4.79 Å². The molecular weight excluding hydrogens is 244 g/mol. The van der Waals surface area contributed by atoms with E-state index < -0.39 is 6.29 Å². The lowest BCUT2D eigenvalue weighted by molar-refractivity contribution is -0.107. The molecule has 0 saturated carbocycles. The average molecular weight is 266 g/mol. The summed E-state index contributed by atoms with van der Waals surface area (Å²) >= 11 is 0. The molecule has 0 aliphatic rings. The summed E-state index contributed by atoms with van der Waals surface area (Å²) in [7, 11) is 0. The Balaban J connectivity index is 2.75. The molecule has 106 valence electrons. The summed E-state index contributed by atoms with van der Waals surface area (Å²) in [5, 5.41) is 0. The molecule has 19 heavy (non-hydrogen) atoms. The van der Waals surface area contributed by atoms with Gasteiger partial charge in [0.1, 0.15) is 5.75 Å². The Labute approximate surface area is 114 Å². The summed E-state index contributed by atoms with van der Waals surface area (Å²) in [5.41, 5.74) is 0.558. The molecule has 0 unspecified atom stereocenters. The van der Waals surface area contributed by atoms with Gasteiger partial charge < -0.3 is 14.2 Å². The number of ketones is 1. The van der Waals surface area contributed by atoms with Crippen molar-refractivity contribution in [2.45, 2.75) is 40.1 Å². The number of Topliss-reactive ketones (excluding diaryl/α,β-unsaturated/α-hetero) is 1. The normalized spacial score (nSPS) is 11.1. The lowest BCUT2D eigenvalue weighted by Gasteiger charge is -2.16. The summed E-state index contributed by atoms with van der Waals surface area (Å²) in [4.78, 5) is 12.2. The number of carbonyl (C=O) groups excluding carboxylic acids is 1. The van der Waals surface area contributed by atoms with Crippen molar-refractivity contribution in [2.24, 2.45) is 0 Å². The molecule has 0 bridgehead atoms. The van der Waals surface area contributed by atoms with E-state index in [2.05, 4.69) is 0 Å². The van der Waals surface area contributed by atoms with Crippen LogP contribution in [0.25, 0.3) is 0 Å². The lowest BCUT2D eigenvalue weighted by atomic mass is 10.1. The highest BCUT2D eigenvalue weighted by atomic mass is 16.7.